The van der Waals surface area contributed by atoms with Crippen LogP contribution < -0.4 is 0 Å². The number of nitrogens with zero attached hydrogens (tertiary/aromatic N) is 1. The Hall–Kier alpha value is -0.0400. The zero-order chi connectivity index (χ0) is 15.3. The summed E-state index contributed by atoms with van der Waals surface area (Å²) in [5, 5.41) is 0.438. The number of hydrogen-bond donors (Lipinski definition) is 0. The topological polar surface area (TPSA) is 46.6 Å². The molecular weight excluding hydrogens is 345 g/mol. The van der Waals surface area contributed by atoms with Crippen LogP contribution >= 0.6 is 34.8 Å². The highest BCUT2D eigenvalue weighted by Crippen LogP contribution is 2.31. The molecule has 1 rings (SSSR count). The third kappa shape index (κ3) is 4.23. The van der Waals surface area contributed by atoms with Crippen molar-refractivity contribution in [1.82, 2.24) is 4.31 Å². The molecule has 1 aromatic carbocycles. The van der Waals surface area contributed by atoms with E-state index in [9.17, 15) is 8.42 Å². The summed E-state index contributed by atoms with van der Waals surface area (Å²) >= 11 is 17.7. The van der Waals surface area contributed by atoms with E-state index >= 15 is 0 Å². The Morgan fingerprint density at radius 1 is 1.25 bits per heavy atom. The van der Waals surface area contributed by atoms with Crippen LogP contribution in [-0.2, 0) is 20.6 Å². The molecule has 20 heavy (non-hydrogen) atoms. The third-order valence-corrected chi connectivity index (χ3v) is 5.72. The van der Waals surface area contributed by atoms with Crippen molar-refractivity contribution in [3.63, 3.8) is 0 Å². The third-order valence-electron chi connectivity index (χ3n) is 2.75. The van der Waals surface area contributed by atoms with Gasteiger partial charge in [-0.1, -0.05) is 23.2 Å². The summed E-state index contributed by atoms with van der Waals surface area (Å²) in [5.41, 5.74) is 0.529. The van der Waals surface area contributed by atoms with Crippen molar-refractivity contribution in [1.29, 1.82) is 0 Å². The van der Waals surface area contributed by atoms with Crippen molar-refractivity contribution in [3.05, 3.63) is 27.7 Å². The first kappa shape index (κ1) is 18.0. The fraction of sp³-hybridized carbons (Fsp3) is 0.500. The second kappa shape index (κ2) is 7.82. The summed E-state index contributed by atoms with van der Waals surface area (Å²) in [5.74, 6) is 0.117. The van der Waals surface area contributed by atoms with Gasteiger partial charge in [0.05, 0.1) is 5.02 Å². The lowest BCUT2D eigenvalue weighted by Crippen LogP contribution is -2.29. The molecule has 0 unspecified atom stereocenters. The minimum absolute atomic E-state index is 0.0131. The van der Waals surface area contributed by atoms with Crippen molar-refractivity contribution >= 4 is 44.8 Å². The van der Waals surface area contributed by atoms with E-state index in [4.69, 9.17) is 39.5 Å². The van der Waals surface area contributed by atoms with Gasteiger partial charge in [0.15, 0.2) is 0 Å². The zero-order valence-corrected chi connectivity index (χ0v) is 14.3. The maximum absolute atomic E-state index is 12.4. The standard InChI is InChI=1S/C12H16Cl3NO3S/c1-16(4-3-5-19-2)20(17,18)12-6-9(8-13)10(14)7-11(12)15/h6-7H,3-5,8H2,1-2H3. The largest absolute Gasteiger partial charge is 0.385 e. The molecule has 0 spiro atoms. The summed E-state index contributed by atoms with van der Waals surface area (Å²) in [7, 11) is -0.608. The molecule has 0 aliphatic carbocycles. The summed E-state index contributed by atoms with van der Waals surface area (Å²) < 4.78 is 31.0. The van der Waals surface area contributed by atoms with Gasteiger partial charge in [0, 0.05) is 38.2 Å². The molecule has 0 amide bonds. The van der Waals surface area contributed by atoms with Crippen molar-refractivity contribution < 1.29 is 13.2 Å². The highest BCUT2D eigenvalue weighted by atomic mass is 35.5. The van der Waals surface area contributed by atoms with Gasteiger partial charge in [-0.2, -0.15) is 0 Å². The van der Waals surface area contributed by atoms with Gasteiger partial charge in [0.2, 0.25) is 10.0 Å². The number of rotatable bonds is 7. The number of sulfonamides is 1. The van der Waals surface area contributed by atoms with Crippen LogP contribution in [0.15, 0.2) is 17.0 Å². The summed E-state index contributed by atoms with van der Waals surface area (Å²) in [6.45, 7) is 0.826. The van der Waals surface area contributed by atoms with Crippen LogP contribution in [0.1, 0.15) is 12.0 Å². The Morgan fingerprint density at radius 3 is 2.45 bits per heavy atom. The first-order chi connectivity index (χ1) is 9.34. The van der Waals surface area contributed by atoms with Gasteiger partial charge in [0.25, 0.3) is 0 Å². The maximum atomic E-state index is 12.4. The van der Waals surface area contributed by atoms with E-state index in [1.54, 1.807) is 7.11 Å². The minimum Gasteiger partial charge on any atom is -0.385 e. The molecule has 0 N–H and O–H groups in total. The molecule has 0 heterocycles. The van der Waals surface area contributed by atoms with E-state index in [1.165, 1.54) is 23.5 Å². The van der Waals surface area contributed by atoms with Gasteiger partial charge >= 0.3 is 0 Å². The van der Waals surface area contributed by atoms with Gasteiger partial charge in [-0.05, 0) is 24.1 Å². The Kier molecular flexibility index (Phi) is 7.04. The Bertz CT molecular complexity index is 563. The van der Waals surface area contributed by atoms with E-state index < -0.39 is 10.0 Å². The Labute approximate surface area is 134 Å². The van der Waals surface area contributed by atoms with E-state index in [2.05, 4.69) is 0 Å². The average Bonchev–Trinajstić information content (AvgIpc) is 2.38. The van der Waals surface area contributed by atoms with E-state index in [0.717, 1.165) is 0 Å². The molecule has 0 atom stereocenters. The van der Waals surface area contributed by atoms with Crippen LogP contribution in [0.4, 0.5) is 0 Å². The average molecular weight is 361 g/mol. The zero-order valence-electron chi connectivity index (χ0n) is 11.2. The van der Waals surface area contributed by atoms with Gasteiger partial charge in [0.1, 0.15) is 4.90 Å². The Balaban J connectivity index is 3.08. The van der Waals surface area contributed by atoms with Crippen LogP contribution in [0.25, 0.3) is 0 Å². The SMILES string of the molecule is COCCCN(C)S(=O)(=O)c1cc(CCl)c(Cl)cc1Cl. The van der Waals surface area contributed by atoms with Gasteiger partial charge in [-0.3, -0.25) is 0 Å². The molecule has 0 saturated carbocycles. The molecule has 0 aromatic heterocycles. The molecule has 0 fully saturated rings. The predicted molar refractivity (Wildman–Crippen MR) is 82.3 cm³/mol. The second-order valence-electron chi connectivity index (χ2n) is 4.18. The number of halogens is 3. The first-order valence-electron chi connectivity index (χ1n) is 5.83. The first-order valence-corrected chi connectivity index (χ1v) is 8.56. The lowest BCUT2D eigenvalue weighted by atomic mass is 10.2. The highest BCUT2D eigenvalue weighted by molar-refractivity contribution is 7.89. The maximum Gasteiger partial charge on any atom is 0.244 e. The fourth-order valence-electron chi connectivity index (χ4n) is 1.59. The molecule has 1 aromatic rings. The van der Waals surface area contributed by atoms with Crippen LogP contribution in [0, 0.1) is 0 Å². The molecule has 8 heteroatoms. The summed E-state index contributed by atoms with van der Waals surface area (Å²) in [4.78, 5) is 0.0131. The highest BCUT2D eigenvalue weighted by Gasteiger charge is 2.24. The molecule has 0 bridgehead atoms. The van der Waals surface area contributed by atoms with Crippen molar-refractivity contribution in [2.45, 2.75) is 17.2 Å². The van der Waals surface area contributed by atoms with E-state index in [1.807, 2.05) is 0 Å². The predicted octanol–water partition coefficient (Wildman–Crippen LogP) is 3.39. The molecule has 114 valence electrons. The number of alkyl halides is 1. The van der Waals surface area contributed by atoms with Crippen molar-refractivity contribution in [3.8, 4) is 0 Å². The van der Waals surface area contributed by atoms with Crippen LogP contribution in [-0.4, -0.2) is 40.0 Å². The molecule has 0 aliphatic rings. The van der Waals surface area contributed by atoms with Gasteiger partial charge in [-0.25, -0.2) is 12.7 Å². The fourth-order valence-corrected chi connectivity index (χ4v) is 3.92. The molecule has 0 aliphatic heterocycles. The Morgan fingerprint density at radius 2 is 1.90 bits per heavy atom. The number of ether oxygens (including phenoxy) is 1. The van der Waals surface area contributed by atoms with E-state index in [0.29, 0.717) is 30.2 Å². The van der Waals surface area contributed by atoms with Crippen molar-refractivity contribution in [2.24, 2.45) is 0 Å². The second-order valence-corrected chi connectivity index (χ2v) is 7.28. The van der Waals surface area contributed by atoms with Crippen LogP contribution in [0.2, 0.25) is 10.0 Å². The normalized spacial score (nSPS) is 12.1. The molecular formula is C12H16Cl3NO3S. The smallest absolute Gasteiger partial charge is 0.244 e. The van der Waals surface area contributed by atoms with Crippen molar-refractivity contribution in [2.75, 3.05) is 27.3 Å². The summed E-state index contributed by atoms with van der Waals surface area (Å²) in [6, 6.07) is 2.82. The molecule has 0 saturated heterocycles. The van der Waals surface area contributed by atoms with Gasteiger partial charge < -0.3 is 4.74 Å². The number of methoxy groups -OCH3 is 1. The summed E-state index contributed by atoms with van der Waals surface area (Å²) in [6.07, 6.45) is 0.597. The van der Waals surface area contributed by atoms with Crippen LogP contribution in [0.3, 0.4) is 0 Å². The lowest BCUT2D eigenvalue weighted by Gasteiger charge is -2.18. The monoisotopic (exact) mass is 359 g/mol. The molecule has 0 radical (unpaired) electrons. The minimum atomic E-state index is -3.67. The molecule has 4 nitrogen and oxygen atoms in total. The lowest BCUT2D eigenvalue weighted by molar-refractivity contribution is 0.189. The number of benzene rings is 1. The van der Waals surface area contributed by atoms with Crippen LogP contribution in [0.5, 0.6) is 0 Å². The van der Waals surface area contributed by atoms with E-state index in [-0.39, 0.29) is 15.8 Å². The quantitative estimate of drug-likeness (QED) is 0.553. The number of hydrogen-bond acceptors (Lipinski definition) is 3. The van der Waals surface area contributed by atoms with Gasteiger partial charge in [-0.15, -0.1) is 11.6 Å².